The van der Waals surface area contributed by atoms with Crippen LogP contribution in [0, 0.1) is 0 Å². The zero-order chi connectivity index (χ0) is 34.3. The summed E-state index contributed by atoms with van der Waals surface area (Å²) in [5.74, 6) is 0. The summed E-state index contributed by atoms with van der Waals surface area (Å²) in [6.07, 6.45) is 16.0. The van der Waals surface area contributed by atoms with Crippen molar-refractivity contribution >= 4 is 66.7 Å². The van der Waals surface area contributed by atoms with E-state index in [-0.39, 0.29) is 6.71 Å². The zero-order valence-corrected chi connectivity index (χ0v) is 29.8. The number of rotatable bonds is 16. The van der Waals surface area contributed by atoms with E-state index in [1.54, 1.807) is 0 Å². The SMILES string of the molecule is OCCCCCCCCc1cc2c3c(c1)-n1c4ccccc4c4c(CCCCCCCCO)ccc(c41)B3c1cccc3c4ccccc4n-2c13. The van der Waals surface area contributed by atoms with Crippen molar-refractivity contribution in [2.45, 2.75) is 89.9 Å². The van der Waals surface area contributed by atoms with E-state index >= 15 is 0 Å². The van der Waals surface area contributed by atoms with Crippen LogP contribution in [0.3, 0.4) is 0 Å². The first-order chi connectivity index (χ1) is 25.3. The molecule has 51 heavy (non-hydrogen) atoms. The fourth-order valence-electron chi connectivity index (χ4n) is 9.66. The van der Waals surface area contributed by atoms with Crippen LogP contribution in [0.5, 0.6) is 0 Å². The lowest BCUT2D eigenvalue weighted by atomic mass is 9.34. The molecule has 0 amide bonds. The number of aromatic nitrogens is 2. The highest BCUT2D eigenvalue weighted by Gasteiger charge is 2.41. The molecule has 258 valence electrons. The fourth-order valence-corrected chi connectivity index (χ4v) is 9.66. The van der Waals surface area contributed by atoms with Crippen LogP contribution in [-0.2, 0) is 12.8 Å². The van der Waals surface area contributed by atoms with Crippen molar-refractivity contribution in [3.05, 3.63) is 102 Å². The van der Waals surface area contributed by atoms with Gasteiger partial charge in [-0.2, -0.15) is 0 Å². The Bertz CT molecular complexity index is 2380. The van der Waals surface area contributed by atoms with Gasteiger partial charge >= 0.3 is 0 Å². The van der Waals surface area contributed by atoms with Crippen molar-refractivity contribution in [1.82, 2.24) is 9.13 Å². The van der Waals surface area contributed by atoms with Crippen molar-refractivity contribution in [3.8, 4) is 11.4 Å². The summed E-state index contributed by atoms with van der Waals surface area (Å²) in [5, 5.41) is 23.9. The molecule has 0 fully saturated rings. The van der Waals surface area contributed by atoms with E-state index in [1.807, 2.05) is 0 Å². The molecule has 4 nitrogen and oxygen atoms in total. The Morgan fingerprint density at radius 3 is 1.73 bits per heavy atom. The molecule has 2 aliphatic heterocycles. The Balaban J connectivity index is 1.21. The first-order valence-corrected chi connectivity index (χ1v) is 19.8. The first-order valence-electron chi connectivity index (χ1n) is 19.8. The molecule has 0 saturated heterocycles. The summed E-state index contributed by atoms with van der Waals surface area (Å²) in [6, 6.07) is 35.1. The summed E-state index contributed by atoms with van der Waals surface area (Å²) < 4.78 is 5.24. The zero-order valence-electron chi connectivity index (χ0n) is 29.8. The number of aliphatic hydroxyl groups is 2. The summed E-state index contributed by atoms with van der Waals surface area (Å²) in [5.41, 5.74) is 15.3. The van der Waals surface area contributed by atoms with Gasteiger partial charge in [0.25, 0.3) is 6.71 Å². The number of benzene rings is 5. The topological polar surface area (TPSA) is 50.3 Å². The molecule has 2 N–H and O–H groups in total. The number of para-hydroxylation sites is 3. The van der Waals surface area contributed by atoms with Crippen molar-refractivity contribution < 1.29 is 10.2 Å². The molecule has 9 rings (SSSR count). The summed E-state index contributed by atoms with van der Waals surface area (Å²) in [6.45, 7) is 0.794. The van der Waals surface area contributed by atoms with E-state index in [9.17, 15) is 10.2 Å². The van der Waals surface area contributed by atoms with Crippen molar-refractivity contribution in [3.63, 3.8) is 0 Å². The number of aryl methyl sites for hydroxylation is 2. The van der Waals surface area contributed by atoms with Crippen LogP contribution in [0.25, 0.3) is 55.0 Å². The maximum atomic E-state index is 9.21. The minimum absolute atomic E-state index is 0.177. The lowest BCUT2D eigenvalue weighted by Gasteiger charge is -2.34. The molecule has 0 radical (unpaired) electrons. The van der Waals surface area contributed by atoms with Crippen LogP contribution >= 0.6 is 0 Å². The third-order valence-electron chi connectivity index (χ3n) is 12.0. The predicted molar refractivity (Wildman–Crippen MR) is 217 cm³/mol. The fraction of sp³-hybridized carbons (Fsp3) is 0.348. The first kappa shape index (κ1) is 32.6. The van der Waals surface area contributed by atoms with Gasteiger partial charge in [-0.15, -0.1) is 0 Å². The minimum Gasteiger partial charge on any atom is -0.396 e. The van der Waals surface area contributed by atoms with Gasteiger partial charge in [-0.05, 0) is 90.3 Å². The Hall–Kier alpha value is -4.32. The molecule has 4 heterocycles. The molecule has 7 aromatic rings. The van der Waals surface area contributed by atoms with E-state index in [0.29, 0.717) is 13.2 Å². The lowest BCUT2D eigenvalue weighted by Crippen LogP contribution is -2.59. The van der Waals surface area contributed by atoms with Crippen molar-refractivity contribution in [1.29, 1.82) is 0 Å². The van der Waals surface area contributed by atoms with E-state index in [4.69, 9.17) is 0 Å². The molecule has 0 unspecified atom stereocenters. The molecular weight excluding hydrogens is 623 g/mol. The van der Waals surface area contributed by atoms with Crippen LogP contribution in [0.2, 0.25) is 0 Å². The number of nitrogens with zero attached hydrogens (tertiary/aromatic N) is 2. The monoisotopic (exact) mass is 672 g/mol. The van der Waals surface area contributed by atoms with Crippen molar-refractivity contribution in [2.24, 2.45) is 0 Å². The maximum absolute atomic E-state index is 9.21. The number of hydrogen-bond acceptors (Lipinski definition) is 2. The molecule has 0 bridgehead atoms. The average Bonchev–Trinajstić information content (AvgIpc) is 3.70. The van der Waals surface area contributed by atoms with E-state index < -0.39 is 0 Å². The van der Waals surface area contributed by atoms with Gasteiger partial charge in [0.2, 0.25) is 0 Å². The van der Waals surface area contributed by atoms with Crippen LogP contribution in [0.1, 0.15) is 88.2 Å². The van der Waals surface area contributed by atoms with Crippen LogP contribution in [0.4, 0.5) is 0 Å². The molecule has 5 aromatic carbocycles. The predicted octanol–water partition coefficient (Wildman–Crippen LogP) is 8.77. The Kier molecular flexibility index (Phi) is 8.95. The molecule has 0 spiro atoms. The van der Waals surface area contributed by atoms with Gasteiger partial charge in [0.15, 0.2) is 0 Å². The van der Waals surface area contributed by atoms with Gasteiger partial charge in [0, 0.05) is 57.2 Å². The molecular formula is C46H49BN2O2. The molecule has 2 aromatic heterocycles. The lowest BCUT2D eigenvalue weighted by molar-refractivity contribution is 0.282. The summed E-state index contributed by atoms with van der Waals surface area (Å²) in [7, 11) is 0. The third kappa shape index (κ3) is 5.43. The second kappa shape index (κ2) is 14.0. The highest BCUT2D eigenvalue weighted by atomic mass is 16.3. The van der Waals surface area contributed by atoms with E-state index in [2.05, 4.69) is 100 Å². The Morgan fingerprint density at radius 2 is 1.02 bits per heavy atom. The van der Waals surface area contributed by atoms with Gasteiger partial charge in [0.05, 0.1) is 11.0 Å². The van der Waals surface area contributed by atoms with Gasteiger partial charge in [0.1, 0.15) is 0 Å². The number of aliphatic hydroxyl groups excluding tert-OH is 2. The Morgan fingerprint density at radius 1 is 0.471 bits per heavy atom. The van der Waals surface area contributed by atoms with Gasteiger partial charge in [-0.25, -0.2) is 0 Å². The van der Waals surface area contributed by atoms with Crippen LogP contribution in [-0.4, -0.2) is 39.3 Å². The second-order valence-electron chi connectivity index (χ2n) is 15.2. The highest BCUT2D eigenvalue weighted by Crippen LogP contribution is 2.40. The Labute approximate surface area is 301 Å². The smallest absolute Gasteiger partial charge is 0.252 e. The van der Waals surface area contributed by atoms with Gasteiger partial charge < -0.3 is 19.3 Å². The molecule has 2 aliphatic rings. The van der Waals surface area contributed by atoms with Crippen LogP contribution < -0.4 is 16.4 Å². The quantitative estimate of drug-likeness (QED) is 0.0797. The third-order valence-corrected chi connectivity index (χ3v) is 12.0. The largest absolute Gasteiger partial charge is 0.396 e. The van der Waals surface area contributed by atoms with Gasteiger partial charge in [-0.1, -0.05) is 118 Å². The van der Waals surface area contributed by atoms with E-state index in [1.165, 1.54) is 134 Å². The number of hydrogen-bond donors (Lipinski definition) is 2. The number of fused-ring (bicyclic) bond motifs is 10. The standard InChI is InChI=1S/C46H49BN2O2/c50-28-15-7-3-1-5-9-18-32-30-41-44-42(31-32)49-40-25-14-12-21-36(40)43-33(19-10-6-2-4-8-16-29-51)26-27-38(46(43)49)47(44)37-23-17-22-35-34-20-11-13-24-39(34)48(41)45(35)37/h11-14,17,20-27,30-31,50-51H,1-10,15-16,18-19,28-29H2. The minimum atomic E-state index is 0.177. The number of unbranched alkanes of at least 4 members (excludes halogenated alkanes) is 10. The average molecular weight is 673 g/mol. The van der Waals surface area contributed by atoms with Crippen LogP contribution in [0.15, 0.2) is 91.0 Å². The maximum Gasteiger partial charge on any atom is 0.252 e. The van der Waals surface area contributed by atoms with Crippen molar-refractivity contribution in [2.75, 3.05) is 13.2 Å². The van der Waals surface area contributed by atoms with E-state index in [0.717, 1.165) is 38.5 Å². The summed E-state index contributed by atoms with van der Waals surface area (Å²) in [4.78, 5) is 0. The molecule has 5 heteroatoms. The molecule has 0 saturated carbocycles. The normalized spacial score (nSPS) is 12.9. The molecule has 0 atom stereocenters. The second-order valence-corrected chi connectivity index (χ2v) is 15.2. The van der Waals surface area contributed by atoms with Gasteiger partial charge in [-0.3, -0.25) is 0 Å². The highest BCUT2D eigenvalue weighted by molar-refractivity contribution is 7.00. The molecule has 0 aliphatic carbocycles. The summed E-state index contributed by atoms with van der Waals surface area (Å²) >= 11 is 0.